The summed E-state index contributed by atoms with van der Waals surface area (Å²) in [5.74, 6) is 0.193. The molecule has 1 aromatic carbocycles. The van der Waals surface area contributed by atoms with Crippen LogP contribution in [-0.2, 0) is 9.84 Å². The number of benzene rings is 1. The van der Waals surface area contributed by atoms with Crippen molar-refractivity contribution in [1.29, 1.82) is 0 Å². The number of hydrogen-bond donors (Lipinski definition) is 2. The molecule has 4 nitrogen and oxygen atoms in total. The van der Waals surface area contributed by atoms with Crippen LogP contribution in [0.2, 0.25) is 0 Å². The highest BCUT2D eigenvalue weighted by atomic mass is 32.2. The molecule has 0 saturated heterocycles. The predicted octanol–water partition coefficient (Wildman–Crippen LogP) is 2.20. The van der Waals surface area contributed by atoms with Crippen molar-refractivity contribution in [1.82, 2.24) is 5.32 Å². The van der Waals surface area contributed by atoms with Gasteiger partial charge in [0, 0.05) is 13.1 Å². The van der Waals surface area contributed by atoms with Crippen molar-refractivity contribution in [3.05, 3.63) is 35.9 Å². The fraction of sp³-hybridized carbons (Fsp3) is 0.467. The average Bonchev–Trinajstić information content (AvgIpc) is 2.46. The zero-order valence-corrected chi connectivity index (χ0v) is 12.7. The molecule has 2 rings (SSSR count). The maximum Gasteiger partial charge on any atom is 0.180 e. The van der Waals surface area contributed by atoms with Gasteiger partial charge in [0.2, 0.25) is 0 Å². The zero-order valence-electron chi connectivity index (χ0n) is 11.9. The maximum atomic E-state index is 12.2. The highest BCUT2D eigenvalue weighted by Crippen LogP contribution is 2.23. The first-order chi connectivity index (χ1) is 9.63. The number of hydrogen-bond acceptors (Lipinski definition) is 4. The van der Waals surface area contributed by atoms with Crippen molar-refractivity contribution in [2.24, 2.45) is 0 Å². The molecule has 1 aromatic rings. The van der Waals surface area contributed by atoms with Gasteiger partial charge < -0.3 is 10.6 Å². The molecule has 0 amide bonds. The first kappa shape index (κ1) is 15.1. The highest BCUT2D eigenvalue weighted by molar-refractivity contribution is 7.91. The predicted molar refractivity (Wildman–Crippen MR) is 82.8 cm³/mol. The van der Waals surface area contributed by atoms with Gasteiger partial charge in [-0.05, 0) is 31.5 Å². The fourth-order valence-electron chi connectivity index (χ4n) is 2.30. The van der Waals surface area contributed by atoms with Crippen molar-refractivity contribution >= 4 is 15.5 Å². The molecule has 1 aliphatic heterocycles. The molecule has 5 heteroatoms. The second-order valence-corrected chi connectivity index (χ2v) is 7.06. The van der Waals surface area contributed by atoms with E-state index in [1.807, 2.05) is 19.1 Å². The summed E-state index contributed by atoms with van der Waals surface area (Å²) in [6, 6.07) is 7.16. The quantitative estimate of drug-likeness (QED) is 0.790. The number of nitrogens with one attached hydrogen (secondary N) is 2. The lowest BCUT2D eigenvalue weighted by atomic mass is 10.1. The van der Waals surface area contributed by atoms with Crippen LogP contribution in [0.4, 0.5) is 5.69 Å². The largest absolute Gasteiger partial charge is 0.380 e. The van der Waals surface area contributed by atoms with E-state index in [0.717, 1.165) is 19.5 Å². The Morgan fingerprint density at radius 2 is 2.10 bits per heavy atom. The summed E-state index contributed by atoms with van der Waals surface area (Å²) in [4.78, 5) is 0.413. The van der Waals surface area contributed by atoms with Crippen LogP contribution < -0.4 is 10.6 Å². The summed E-state index contributed by atoms with van der Waals surface area (Å²) in [5.41, 5.74) is 2.03. The van der Waals surface area contributed by atoms with Crippen molar-refractivity contribution in [2.45, 2.75) is 24.7 Å². The summed E-state index contributed by atoms with van der Waals surface area (Å²) < 4.78 is 24.5. The Morgan fingerprint density at radius 3 is 2.80 bits per heavy atom. The van der Waals surface area contributed by atoms with Crippen LogP contribution >= 0.6 is 0 Å². The van der Waals surface area contributed by atoms with Gasteiger partial charge >= 0.3 is 0 Å². The molecule has 0 atom stereocenters. The summed E-state index contributed by atoms with van der Waals surface area (Å²) >= 11 is 0. The second kappa shape index (κ2) is 6.90. The van der Waals surface area contributed by atoms with Crippen molar-refractivity contribution in [2.75, 3.05) is 30.7 Å². The van der Waals surface area contributed by atoms with E-state index in [1.165, 1.54) is 5.57 Å². The van der Waals surface area contributed by atoms with Gasteiger partial charge in [-0.1, -0.05) is 30.7 Å². The first-order valence-electron chi connectivity index (χ1n) is 7.08. The average molecular weight is 294 g/mol. The third-order valence-corrected chi connectivity index (χ3v) is 5.33. The van der Waals surface area contributed by atoms with Crippen molar-refractivity contribution < 1.29 is 8.42 Å². The van der Waals surface area contributed by atoms with Gasteiger partial charge in [0.05, 0.1) is 16.3 Å². The van der Waals surface area contributed by atoms with Crippen LogP contribution in [0.25, 0.3) is 0 Å². The Balaban J connectivity index is 2.14. The van der Waals surface area contributed by atoms with Crippen molar-refractivity contribution in [3.8, 4) is 0 Å². The van der Waals surface area contributed by atoms with E-state index < -0.39 is 9.84 Å². The van der Waals surface area contributed by atoms with Crippen LogP contribution in [0.15, 0.2) is 40.8 Å². The molecular formula is C15H22N2O2S. The Morgan fingerprint density at radius 1 is 1.30 bits per heavy atom. The molecule has 1 heterocycles. The second-order valence-electron chi connectivity index (χ2n) is 4.99. The maximum absolute atomic E-state index is 12.2. The fourth-order valence-corrected chi connectivity index (χ4v) is 3.82. The zero-order chi connectivity index (χ0) is 14.4. The molecule has 0 radical (unpaired) electrons. The van der Waals surface area contributed by atoms with Crippen LogP contribution in [0.5, 0.6) is 0 Å². The molecule has 0 bridgehead atoms. The number of sulfone groups is 1. The van der Waals surface area contributed by atoms with Gasteiger partial charge in [0.25, 0.3) is 0 Å². The van der Waals surface area contributed by atoms with E-state index in [2.05, 4.69) is 16.7 Å². The topological polar surface area (TPSA) is 58.2 Å². The molecular weight excluding hydrogens is 272 g/mol. The third kappa shape index (κ3) is 3.84. The van der Waals surface area contributed by atoms with Crippen LogP contribution in [-0.4, -0.2) is 33.8 Å². The van der Waals surface area contributed by atoms with Gasteiger partial charge in [-0.3, -0.25) is 0 Å². The van der Waals surface area contributed by atoms with Crippen molar-refractivity contribution in [3.63, 3.8) is 0 Å². The summed E-state index contributed by atoms with van der Waals surface area (Å²) in [6.45, 7) is 4.48. The minimum atomic E-state index is -3.19. The molecule has 110 valence electrons. The summed E-state index contributed by atoms with van der Waals surface area (Å²) in [6.07, 6.45) is 3.81. The van der Waals surface area contributed by atoms with E-state index in [0.29, 0.717) is 23.5 Å². The number of anilines is 1. The lowest BCUT2D eigenvalue weighted by molar-refractivity contribution is 0.595. The number of rotatable bonds is 6. The molecule has 0 fully saturated rings. The van der Waals surface area contributed by atoms with Crippen LogP contribution in [0.1, 0.15) is 19.8 Å². The summed E-state index contributed by atoms with van der Waals surface area (Å²) in [5, 5.41) is 6.54. The number of para-hydroxylation sites is 1. The normalized spacial score (nSPS) is 15.8. The van der Waals surface area contributed by atoms with E-state index >= 15 is 0 Å². The molecule has 1 aliphatic rings. The Labute approximate surface area is 121 Å². The monoisotopic (exact) mass is 294 g/mol. The lowest BCUT2D eigenvalue weighted by Gasteiger charge is -2.17. The lowest BCUT2D eigenvalue weighted by Crippen LogP contribution is -2.23. The summed E-state index contributed by atoms with van der Waals surface area (Å²) in [7, 11) is -3.19. The van der Waals surface area contributed by atoms with E-state index in [4.69, 9.17) is 0 Å². The van der Waals surface area contributed by atoms with Crippen LogP contribution in [0.3, 0.4) is 0 Å². The Kier molecular flexibility index (Phi) is 5.20. The molecule has 20 heavy (non-hydrogen) atoms. The van der Waals surface area contributed by atoms with Gasteiger partial charge in [-0.2, -0.15) is 0 Å². The standard InChI is InChI=1S/C15H22N2O2S/c1-2-11-20(18,19)15-6-4-3-5-14(15)17-12-13-7-9-16-10-8-13/h3-7,16-17H,2,8-12H2,1H3. The van der Waals surface area contributed by atoms with Gasteiger partial charge in [-0.15, -0.1) is 0 Å². The van der Waals surface area contributed by atoms with E-state index in [9.17, 15) is 8.42 Å². The molecule has 0 aliphatic carbocycles. The van der Waals surface area contributed by atoms with Crippen LogP contribution in [0, 0.1) is 0 Å². The first-order valence-corrected chi connectivity index (χ1v) is 8.73. The van der Waals surface area contributed by atoms with E-state index in [1.54, 1.807) is 12.1 Å². The van der Waals surface area contributed by atoms with Gasteiger partial charge in [0.1, 0.15) is 0 Å². The highest BCUT2D eigenvalue weighted by Gasteiger charge is 2.17. The Hall–Kier alpha value is -1.33. The smallest absolute Gasteiger partial charge is 0.180 e. The SMILES string of the molecule is CCCS(=O)(=O)c1ccccc1NCC1=CCNCC1. The van der Waals surface area contributed by atoms with E-state index in [-0.39, 0.29) is 5.75 Å². The minimum absolute atomic E-state index is 0.193. The molecule has 0 saturated carbocycles. The molecule has 2 N–H and O–H groups in total. The van der Waals surface area contributed by atoms with Gasteiger partial charge in [0.15, 0.2) is 9.84 Å². The third-order valence-electron chi connectivity index (χ3n) is 3.36. The molecule has 0 aromatic heterocycles. The van der Waals surface area contributed by atoms with Gasteiger partial charge in [-0.25, -0.2) is 8.42 Å². The minimum Gasteiger partial charge on any atom is -0.380 e. The molecule has 0 spiro atoms. The Bertz CT molecular complexity index is 579. The molecule has 0 unspecified atom stereocenters.